The number of aromatic nitrogens is 2. The van der Waals surface area contributed by atoms with Crippen molar-refractivity contribution >= 4 is 32.7 Å². The number of fused-ring (bicyclic) bond motifs is 1. The number of nitrogens with zero attached hydrogens (tertiary/aromatic N) is 2. The maximum atomic E-state index is 12.3. The molecular formula is C16H11BrN2O. The molecule has 0 radical (unpaired) electrons. The Labute approximate surface area is 124 Å². The number of carbonyl (C=O) groups is 1. The molecule has 0 unspecified atom stereocenters. The van der Waals surface area contributed by atoms with E-state index in [1.54, 1.807) is 6.20 Å². The minimum absolute atomic E-state index is 0.0265. The zero-order chi connectivity index (χ0) is 13.9. The van der Waals surface area contributed by atoms with Gasteiger partial charge in [0.05, 0.1) is 17.2 Å². The van der Waals surface area contributed by atoms with Gasteiger partial charge >= 0.3 is 0 Å². The van der Waals surface area contributed by atoms with Gasteiger partial charge in [-0.1, -0.05) is 40.2 Å². The van der Waals surface area contributed by atoms with Crippen molar-refractivity contribution in [2.75, 3.05) is 0 Å². The molecule has 98 valence electrons. The highest BCUT2D eigenvalue weighted by molar-refractivity contribution is 9.10. The van der Waals surface area contributed by atoms with E-state index >= 15 is 0 Å². The third-order valence-corrected chi connectivity index (χ3v) is 3.48. The Morgan fingerprint density at radius 1 is 1.05 bits per heavy atom. The first-order valence-corrected chi connectivity index (χ1v) is 7.01. The van der Waals surface area contributed by atoms with Crippen molar-refractivity contribution in [3.8, 4) is 0 Å². The molecule has 0 aliphatic rings. The minimum atomic E-state index is -0.0265. The van der Waals surface area contributed by atoms with Crippen LogP contribution in [0.1, 0.15) is 16.1 Å². The molecule has 0 bridgehead atoms. The number of benzene rings is 2. The van der Waals surface area contributed by atoms with E-state index < -0.39 is 0 Å². The SMILES string of the molecule is O=C(Cc1cccc(Br)c1)c1cnc2ccccc2n1. The van der Waals surface area contributed by atoms with Crippen molar-refractivity contribution in [1.82, 2.24) is 9.97 Å². The van der Waals surface area contributed by atoms with Gasteiger partial charge in [0.15, 0.2) is 5.78 Å². The molecule has 20 heavy (non-hydrogen) atoms. The summed E-state index contributed by atoms with van der Waals surface area (Å²) >= 11 is 3.40. The van der Waals surface area contributed by atoms with Gasteiger partial charge in [-0.3, -0.25) is 9.78 Å². The summed E-state index contributed by atoms with van der Waals surface area (Å²) in [6, 6.07) is 15.2. The molecule has 0 fully saturated rings. The molecule has 1 heterocycles. The molecule has 0 saturated heterocycles. The number of para-hydroxylation sites is 2. The highest BCUT2D eigenvalue weighted by Crippen LogP contribution is 2.14. The molecule has 3 nitrogen and oxygen atoms in total. The number of hydrogen-bond acceptors (Lipinski definition) is 3. The van der Waals surface area contributed by atoms with E-state index in [4.69, 9.17) is 0 Å². The summed E-state index contributed by atoms with van der Waals surface area (Å²) in [5, 5.41) is 0. The lowest BCUT2D eigenvalue weighted by atomic mass is 10.1. The van der Waals surface area contributed by atoms with Crippen LogP contribution in [-0.4, -0.2) is 15.8 Å². The standard InChI is InChI=1S/C16H11BrN2O/c17-12-5-3-4-11(8-12)9-16(20)15-10-18-13-6-1-2-7-14(13)19-15/h1-8,10H,9H2. The first kappa shape index (κ1) is 12.9. The second kappa shape index (κ2) is 5.51. The highest BCUT2D eigenvalue weighted by atomic mass is 79.9. The first-order valence-electron chi connectivity index (χ1n) is 6.22. The molecule has 3 aromatic rings. The fraction of sp³-hybridized carbons (Fsp3) is 0.0625. The molecule has 0 amide bonds. The van der Waals surface area contributed by atoms with Crippen molar-refractivity contribution in [1.29, 1.82) is 0 Å². The van der Waals surface area contributed by atoms with Crippen LogP contribution in [0.25, 0.3) is 11.0 Å². The van der Waals surface area contributed by atoms with Crippen molar-refractivity contribution in [2.45, 2.75) is 6.42 Å². The fourth-order valence-electron chi connectivity index (χ4n) is 2.01. The van der Waals surface area contributed by atoms with Crippen LogP contribution >= 0.6 is 15.9 Å². The van der Waals surface area contributed by atoms with Crippen LogP contribution in [0.15, 0.2) is 59.2 Å². The summed E-state index contributed by atoms with van der Waals surface area (Å²) < 4.78 is 0.965. The van der Waals surface area contributed by atoms with Crippen LogP contribution in [-0.2, 0) is 6.42 Å². The average molecular weight is 327 g/mol. The normalized spacial score (nSPS) is 10.7. The quantitative estimate of drug-likeness (QED) is 0.687. The zero-order valence-electron chi connectivity index (χ0n) is 10.6. The second-order valence-corrected chi connectivity index (χ2v) is 5.39. The van der Waals surface area contributed by atoms with Gasteiger partial charge in [-0.25, -0.2) is 4.98 Å². The summed E-state index contributed by atoms with van der Waals surface area (Å²) in [7, 11) is 0. The van der Waals surface area contributed by atoms with Gasteiger partial charge in [0.25, 0.3) is 0 Å². The number of hydrogen-bond donors (Lipinski definition) is 0. The van der Waals surface area contributed by atoms with E-state index in [1.807, 2.05) is 48.5 Å². The molecule has 0 spiro atoms. The summed E-state index contributed by atoms with van der Waals surface area (Å²) in [6.07, 6.45) is 1.87. The molecule has 3 rings (SSSR count). The second-order valence-electron chi connectivity index (χ2n) is 4.47. The average Bonchev–Trinajstić information content (AvgIpc) is 2.47. The number of ketones is 1. The van der Waals surface area contributed by atoms with Crippen LogP contribution in [0.3, 0.4) is 0 Å². The Balaban J connectivity index is 1.88. The fourth-order valence-corrected chi connectivity index (χ4v) is 2.46. The van der Waals surface area contributed by atoms with E-state index in [0.717, 1.165) is 21.1 Å². The number of carbonyl (C=O) groups excluding carboxylic acids is 1. The summed E-state index contributed by atoms with van der Waals surface area (Å²) in [5.41, 5.74) is 2.90. The third-order valence-electron chi connectivity index (χ3n) is 2.99. The van der Waals surface area contributed by atoms with Crippen LogP contribution in [0, 0.1) is 0 Å². The van der Waals surface area contributed by atoms with Gasteiger partial charge < -0.3 is 0 Å². The predicted molar refractivity (Wildman–Crippen MR) is 81.7 cm³/mol. The molecule has 0 N–H and O–H groups in total. The molecule has 0 saturated carbocycles. The van der Waals surface area contributed by atoms with Crippen molar-refractivity contribution < 1.29 is 4.79 Å². The van der Waals surface area contributed by atoms with Crippen LogP contribution in [0.2, 0.25) is 0 Å². The van der Waals surface area contributed by atoms with E-state index in [2.05, 4.69) is 25.9 Å². The highest BCUT2D eigenvalue weighted by Gasteiger charge is 2.10. The van der Waals surface area contributed by atoms with E-state index in [1.165, 1.54) is 0 Å². The first-order chi connectivity index (χ1) is 9.72. The number of rotatable bonds is 3. The van der Waals surface area contributed by atoms with Crippen molar-refractivity contribution in [2.24, 2.45) is 0 Å². The lowest BCUT2D eigenvalue weighted by Crippen LogP contribution is -2.06. The van der Waals surface area contributed by atoms with Crippen LogP contribution < -0.4 is 0 Å². The summed E-state index contributed by atoms with van der Waals surface area (Å²) in [5.74, 6) is -0.0265. The van der Waals surface area contributed by atoms with Gasteiger partial charge in [-0.2, -0.15) is 0 Å². The predicted octanol–water partition coefficient (Wildman–Crippen LogP) is 3.82. The van der Waals surface area contributed by atoms with Crippen molar-refractivity contribution in [3.05, 3.63) is 70.5 Å². The Morgan fingerprint density at radius 3 is 2.65 bits per heavy atom. The molecule has 1 aromatic heterocycles. The summed E-state index contributed by atoms with van der Waals surface area (Å²) in [6.45, 7) is 0. The minimum Gasteiger partial charge on any atom is -0.292 e. The van der Waals surface area contributed by atoms with Gasteiger partial charge in [0, 0.05) is 10.9 Å². The molecule has 2 aromatic carbocycles. The van der Waals surface area contributed by atoms with Crippen LogP contribution in [0.5, 0.6) is 0 Å². The maximum Gasteiger partial charge on any atom is 0.187 e. The smallest absolute Gasteiger partial charge is 0.187 e. The lowest BCUT2D eigenvalue weighted by Gasteiger charge is -2.03. The van der Waals surface area contributed by atoms with Crippen molar-refractivity contribution in [3.63, 3.8) is 0 Å². The van der Waals surface area contributed by atoms with Gasteiger partial charge in [0.1, 0.15) is 5.69 Å². The Kier molecular flexibility index (Phi) is 3.56. The third kappa shape index (κ3) is 2.75. The van der Waals surface area contributed by atoms with Gasteiger partial charge in [-0.05, 0) is 29.8 Å². The molecule has 4 heteroatoms. The summed E-state index contributed by atoms with van der Waals surface area (Å²) in [4.78, 5) is 20.9. The van der Waals surface area contributed by atoms with Crippen LogP contribution in [0.4, 0.5) is 0 Å². The molecule has 0 atom stereocenters. The van der Waals surface area contributed by atoms with E-state index in [9.17, 15) is 4.79 Å². The molecule has 0 aliphatic carbocycles. The number of halogens is 1. The lowest BCUT2D eigenvalue weighted by molar-refractivity contribution is 0.0988. The Bertz CT molecular complexity index is 786. The van der Waals surface area contributed by atoms with Gasteiger partial charge in [0.2, 0.25) is 0 Å². The Hall–Kier alpha value is -2.07. The largest absolute Gasteiger partial charge is 0.292 e. The van der Waals surface area contributed by atoms with E-state index in [-0.39, 0.29) is 5.78 Å². The van der Waals surface area contributed by atoms with E-state index in [0.29, 0.717) is 12.1 Å². The zero-order valence-corrected chi connectivity index (χ0v) is 12.2. The maximum absolute atomic E-state index is 12.3. The molecular weight excluding hydrogens is 316 g/mol. The topological polar surface area (TPSA) is 42.9 Å². The molecule has 0 aliphatic heterocycles. The monoisotopic (exact) mass is 326 g/mol. The Morgan fingerprint density at radius 2 is 1.85 bits per heavy atom. The van der Waals surface area contributed by atoms with Gasteiger partial charge in [-0.15, -0.1) is 0 Å². The number of Topliss-reactive ketones (excluding diaryl/α,β-unsaturated/α-hetero) is 1.